The second-order valence-electron chi connectivity index (χ2n) is 6.36. The Morgan fingerprint density at radius 2 is 2.10 bits per heavy atom. The third-order valence-corrected chi connectivity index (χ3v) is 3.42. The van der Waals surface area contributed by atoms with Crippen molar-refractivity contribution in [1.29, 1.82) is 0 Å². The van der Waals surface area contributed by atoms with Gasteiger partial charge in [0.25, 0.3) is 5.82 Å². The summed E-state index contributed by atoms with van der Waals surface area (Å²) >= 11 is 0. The van der Waals surface area contributed by atoms with Crippen molar-refractivity contribution >= 4 is 11.9 Å². The SMILES string of the molecule is Cc1ccc2c([n+]1[O-])N(C(=O)OC(C)(C)C)C(C)CC2. The van der Waals surface area contributed by atoms with Gasteiger partial charge >= 0.3 is 6.09 Å². The van der Waals surface area contributed by atoms with E-state index >= 15 is 0 Å². The highest BCUT2D eigenvalue weighted by atomic mass is 16.6. The number of aromatic nitrogens is 1. The quantitative estimate of drug-likeness (QED) is 0.541. The van der Waals surface area contributed by atoms with E-state index < -0.39 is 11.7 Å². The van der Waals surface area contributed by atoms with Crippen molar-refractivity contribution in [2.75, 3.05) is 4.90 Å². The third kappa shape index (κ3) is 2.71. The van der Waals surface area contributed by atoms with Gasteiger partial charge in [-0.1, -0.05) is 0 Å². The summed E-state index contributed by atoms with van der Waals surface area (Å²) in [7, 11) is 0. The topological polar surface area (TPSA) is 56.5 Å². The zero-order valence-electron chi connectivity index (χ0n) is 12.8. The maximum absolute atomic E-state index is 12.4. The minimum absolute atomic E-state index is 0.0423. The van der Waals surface area contributed by atoms with Gasteiger partial charge in [-0.2, -0.15) is 9.69 Å². The van der Waals surface area contributed by atoms with E-state index in [1.165, 1.54) is 4.90 Å². The highest BCUT2D eigenvalue weighted by molar-refractivity contribution is 5.88. The average molecular weight is 278 g/mol. The normalized spacial score (nSPS) is 18.6. The van der Waals surface area contributed by atoms with Crippen LogP contribution in [0.4, 0.5) is 10.6 Å². The summed E-state index contributed by atoms with van der Waals surface area (Å²) in [5.41, 5.74) is 0.896. The van der Waals surface area contributed by atoms with Crippen LogP contribution >= 0.6 is 0 Å². The molecule has 1 aromatic rings. The zero-order chi connectivity index (χ0) is 15.1. The molecule has 5 nitrogen and oxygen atoms in total. The Morgan fingerprint density at radius 3 is 2.70 bits per heavy atom. The largest absolute Gasteiger partial charge is 0.710 e. The van der Waals surface area contributed by atoms with Gasteiger partial charge in [-0.15, -0.1) is 0 Å². The van der Waals surface area contributed by atoms with Crippen molar-refractivity contribution in [2.45, 2.75) is 59.1 Å². The van der Waals surface area contributed by atoms with E-state index in [9.17, 15) is 10.0 Å². The van der Waals surface area contributed by atoms with Crippen LogP contribution in [0.3, 0.4) is 0 Å². The smallest absolute Gasteiger partial charge is 0.507 e. The number of carbonyl (C=O) groups excluding carboxylic acids is 1. The second-order valence-corrected chi connectivity index (χ2v) is 6.36. The molecule has 2 rings (SSSR count). The van der Waals surface area contributed by atoms with Gasteiger partial charge in [0.1, 0.15) is 17.3 Å². The molecule has 1 aliphatic rings. The molecule has 0 N–H and O–H groups in total. The molecular weight excluding hydrogens is 256 g/mol. The number of anilines is 1. The highest BCUT2D eigenvalue weighted by Gasteiger charge is 2.40. The lowest BCUT2D eigenvalue weighted by Crippen LogP contribution is -2.51. The molecule has 5 heteroatoms. The summed E-state index contributed by atoms with van der Waals surface area (Å²) in [5.74, 6) is 0.415. The Morgan fingerprint density at radius 1 is 1.45 bits per heavy atom. The number of aryl methyl sites for hydroxylation is 2. The van der Waals surface area contributed by atoms with Gasteiger partial charge in [-0.25, -0.2) is 4.73 Å². The van der Waals surface area contributed by atoms with Gasteiger partial charge in [0.2, 0.25) is 0 Å². The van der Waals surface area contributed by atoms with Crippen molar-refractivity contribution < 1.29 is 14.3 Å². The highest BCUT2D eigenvalue weighted by Crippen LogP contribution is 2.29. The fourth-order valence-electron chi connectivity index (χ4n) is 2.39. The monoisotopic (exact) mass is 278 g/mol. The number of nitrogens with zero attached hydrogens (tertiary/aromatic N) is 2. The molecule has 1 amide bonds. The molecule has 2 heterocycles. The Hall–Kier alpha value is -1.78. The van der Waals surface area contributed by atoms with Crippen LogP contribution in [-0.2, 0) is 11.2 Å². The van der Waals surface area contributed by atoms with E-state index in [4.69, 9.17) is 4.74 Å². The molecule has 0 saturated heterocycles. The van der Waals surface area contributed by atoms with Gasteiger partial charge in [0.15, 0.2) is 0 Å². The molecule has 0 fully saturated rings. The van der Waals surface area contributed by atoms with Crippen LogP contribution in [0.5, 0.6) is 0 Å². The average Bonchev–Trinajstić information content (AvgIpc) is 2.32. The van der Waals surface area contributed by atoms with Crippen LogP contribution in [-0.4, -0.2) is 17.7 Å². The van der Waals surface area contributed by atoms with Gasteiger partial charge < -0.3 is 9.94 Å². The fourth-order valence-corrected chi connectivity index (χ4v) is 2.39. The minimum Gasteiger partial charge on any atom is -0.710 e. The molecule has 0 saturated carbocycles. The molecular formula is C15H22N2O3. The first kappa shape index (κ1) is 14.6. The number of carbonyl (C=O) groups is 1. The molecule has 1 aromatic heterocycles. The Balaban J connectivity index is 2.44. The van der Waals surface area contributed by atoms with E-state index in [2.05, 4.69) is 0 Å². The van der Waals surface area contributed by atoms with Gasteiger partial charge in [-0.05, 0) is 59.6 Å². The number of fused-ring (bicyclic) bond motifs is 1. The molecule has 1 atom stereocenters. The summed E-state index contributed by atoms with van der Waals surface area (Å²) in [6.45, 7) is 9.14. The standard InChI is InChI=1S/C15H22N2O3/c1-10-6-8-12-9-7-11(2)17(19)13(12)16(10)14(18)20-15(3,4)5/h7,9-10H,6,8H2,1-5H3. The van der Waals surface area contributed by atoms with Crippen LogP contribution in [0.25, 0.3) is 0 Å². The van der Waals surface area contributed by atoms with Crippen molar-refractivity contribution in [1.82, 2.24) is 0 Å². The first-order valence-corrected chi connectivity index (χ1v) is 6.95. The number of ether oxygens (including phenoxy) is 1. The van der Waals surface area contributed by atoms with Crippen LogP contribution in [0.15, 0.2) is 12.1 Å². The van der Waals surface area contributed by atoms with Crippen molar-refractivity contribution in [3.8, 4) is 0 Å². The number of amides is 1. The predicted octanol–water partition coefficient (Wildman–Crippen LogP) is 2.70. The second kappa shape index (κ2) is 4.96. The Labute approximate surface area is 119 Å². The molecule has 0 radical (unpaired) electrons. The number of hydrogen-bond acceptors (Lipinski definition) is 3. The van der Waals surface area contributed by atoms with Crippen LogP contribution in [0.2, 0.25) is 0 Å². The maximum atomic E-state index is 12.4. The molecule has 1 aliphatic heterocycles. The molecule has 0 aliphatic carbocycles. The van der Waals surface area contributed by atoms with Crippen molar-refractivity contribution in [3.63, 3.8) is 0 Å². The lowest BCUT2D eigenvalue weighted by atomic mass is 10.00. The molecule has 20 heavy (non-hydrogen) atoms. The summed E-state index contributed by atoms with van der Waals surface area (Å²) < 4.78 is 6.26. The Kier molecular flexibility index (Phi) is 3.63. The van der Waals surface area contributed by atoms with E-state index in [0.29, 0.717) is 11.5 Å². The molecule has 0 spiro atoms. The molecule has 1 unspecified atom stereocenters. The van der Waals surface area contributed by atoms with Crippen molar-refractivity contribution in [2.24, 2.45) is 0 Å². The van der Waals surface area contributed by atoms with Crippen molar-refractivity contribution in [3.05, 3.63) is 28.6 Å². The fraction of sp³-hybridized carbons (Fsp3) is 0.600. The van der Waals surface area contributed by atoms with E-state index in [-0.39, 0.29) is 6.04 Å². The zero-order valence-corrected chi connectivity index (χ0v) is 12.8. The maximum Gasteiger partial charge on any atom is 0.507 e. The Bertz CT molecular complexity index is 535. The third-order valence-electron chi connectivity index (χ3n) is 3.42. The number of hydrogen-bond donors (Lipinski definition) is 0. The summed E-state index contributed by atoms with van der Waals surface area (Å²) in [4.78, 5) is 13.9. The summed E-state index contributed by atoms with van der Waals surface area (Å²) in [6, 6.07) is 3.66. The molecule has 110 valence electrons. The molecule has 0 aromatic carbocycles. The van der Waals surface area contributed by atoms with Gasteiger partial charge in [-0.3, -0.25) is 0 Å². The van der Waals surface area contributed by atoms with Crippen LogP contribution in [0, 0.1) is 12.1 Å². The number of pyridine rings is 1. The lowest BCUT2D eigenvalue weighted by Gasteiger charge is -2.31. The van der Waals surface area contributed by atoms with E-state index in [0.717, 1.165) is 23.1 Å². The first-order valence-electron chi connectivity index (χ1n) is 6.95. The van der Waals surface area contributed by atoms with Crippen LogP contribution in [0.1, 0.15) is 45.4 Å². The molecule has 0 bridgehead atoms. The minimum atomic E-state index is -0.577. The summed E-state index contributed by atoms with van der Waals surface area (Å²) in [5, 5.41) is 12.3. The predicted molar refractivity (Wildman–Crippen MR) is 76.6 cm³/mol. The van der Waals surface area contributed by atoms with E-state index in [1.807, 2.05) is 33.8 Å². The van der Waals surface area contributed by atoms with E-state index in [1.54, 1.807) is 13.0 Å². The van der Waals surface area contributed by atoms with Gasteiger partial charge in [0.05, 0.1) is 0 Å². The lowest BCUT2D eigenvalue weighted by molar-refractivity contribution is -0.599. The van der Waals surface area contributed by atoms with Crippen LogP contribution < -0.4 is 9.63 Å². The summed E-state index contributed by atoms with van der Waals surface area (Å²) in [6.07, 6.45) is 1.18. The van der Waals surface area contributed by atoms with Gasteiger partial charge in [0, 0.05) is 5.56 Å². The first-order chi connectivity index (χ1) is 9.20. The number of rotatable bonds is 0.